The van der Waals surface area contributed by atoms with Crippen LogP contribution in [0.15, 0.2) is 34.6 Å². The van der Waals surface area contributed by atoms with Crippen molar-refractivity contribution >= 4 is 27.5 Å². The molecule has 0 radical (unpaired) electrons. The van der Waals surface area contributed by atoms with Crippen LogP contribution < -0.4 is 5.56 Å². The maximum atomic E-state index is 13.0. The highest BCUT2D eigenvalue weighted by Crippen LogP contribution is 2.24. The average Bonchev–Trinajstić information content (AvgIpc) is 3.07. The summed E-state index contributed by atoms with van der Waals surface area (Å²) in [5, 5.41) is 1.73. The lowest BCUT2D eigenvalue weighted by Gasteiger charge is -2.21. The molecular formula is C19H22N4O2S. The van der Waals surface area contributed by atoms with Crippen LogP contribution in [0.5, 0.6) is 0 Å². The van der Waals surface area contributed by atoms with E-state index in [1.807, 2.05) is 17.9 Å². The van der Waals surface area contributed by atoms with Crippen molar-refractivity contribution < 1.29 is 4.79 Å². The molecule has 0 aliphatic rings. The highest BCUT2D eigenvalue weighted by atomic mass is 32.1. The van der Waals surface area contributed by atoms with Gasteiger partial charge in [0.15, 0.2) is 5.82 Å². The molecule has 26 heavy (non-hydrogen) atoms. The fraction of sp³-hybridized carbons (Fsp3) is 0.368. The Kier molecular flexibility index (Phi) is 5.46. The first-order valence-corrected chi connectivity index (χ1v) is 9.61. The zero-order valence-corrected chi connectivity index (χ0v) is 16.0. The van der Waals surface area contributed by atoms with Crippen molar-refractivity contribution in [2.75, 3.05) is 13.1 Å². The van der Waals surface area contributed by atoms with Crippen LogP contribution in [0.2, 0.25) is 0 Å². The molecule has 3 heterocycles. The second kappa shape index (κ2) is 7.78. The molecule has 0 aliphatic carbocycles. The number of pyridine rings is 1. The second-order valence-electron chi connectivity index (χ2n) is 6.52. The zero-order valence-electron chi connectivity index (χ0n) is 15.2. The Morgan fingerprint density at radius 2 is 2.15 bits per heavy atom. The molecule has 3 rings (SSSR count). The van der Waals surface area contributed by atoms with E-state index in [2.05, 4.69) is 28.8 Å². The van der Waals surface area contributed by atoms with Crippen LogP contribution in [-0.2, 0) is 0 Å². The van der Waals surface area contributed by atoms with E-state index in [-0.39, 0.29) is 11.5 Å². The van der Waals surface area contributed by atoms with Gasteiger partial charge in [-0.3, -0.25) is 14.6 Å². The lowest BCUT2D eigenvalue weighted by molar-refractivity contribution is 0.0759. The largest absolute Gasteiger partial charge is 0.339 e. The third-order valence-electron chi connectivity index (χ3n) is 4.21. The minimum Gasteiger partial charge on any atom is -0.339 e. The smallest absolute Gasteiger partial charge is 0.269 e. The maximum Gasteiger partial charge on any atom is 0.269 e. The first kappa shape index (κ1) is 18.3. The summed E-state index contributed by atoms with van der Waals surface area (Å²) in [6.07, 6.45) is 2.58. The summed E-state index contributed by atoms with van der Waals surface area (Å²) in [7, 11) is 0. The van der Waals surface area contributed by atoms with Crippen LogP contribution in [0.4, 0.5) is 0 Å². The summed E-state index contributed by atoms with van der Waals surface area (Å²) in [6, 6.07) is 5.41. The van der Waals surface area contributed by atoms with Crippen LogP contribution in [0, 0.1) is 5.92 Å². The Hall–Kier alpha value is -2.54. The minimum absolute atomic E-state index is 0.0792. The van der Waals surface area contributed by atoms with Gasteiger partial charge in [-0.1, -0.05) is 19.9 Å². The number of rotatable bonds is 6. The van der Waals surface area contributed by atoms with Gasteiger partial charge < -0.3 is 9.88 Å². The van der Waals surface area contributed by atoms with Gasteiger partial charge in [-0.2, -0.15) is 0 Å². The normalized spacial score (nSPS) is 11.2. The second-order valence-corrected chi connectivity index (χ2v) is 7.40. The highest BCUT2D eigenvalue weighted by molar-refractivity contribution is 7.17. The Morgan fingerprint density at radius 3 is 2.81 bits per heavy atom. The first-order valence-electron chi connectivity index (χ1n) is 8.73. The van der Waals surface area contributed by atoms with Crippen molar-refractivity contribution in [1.82, 2.24) is 19.9 Å². The molecule has 0 atom stereocenters. The Bertz CT molecular complexity index is 963. The standard InChI is InChI=1S/C19H22N4O2S/c1-4-23(10-8-12(2)3)19(25)13-11-26-16-15(13)21-17(22-18(16)24)14-7-5-6-9-20-14/h5-7,9,11-12H,4,8,10H2,1-3H3,(H,21,22,24). The van der Waals surface area contributed by atoms with Gasteiger partial charge in [-0.05, 0) is 31.4 Å². The zero-order chi connectivity index (χ0) is 18.7. The molecule has 3 aromatic rings. The van der Waals surface area contributed by atoms with Crippen LogP contribution >= 0.6 is 11.3 Å². The summed E-state index contributed by atoms with van der Waals surface area (Å²) in [5.41, 5.74) is 1.26. The number of carbonyl (C=O) groups is 1. The van der Waals surface area contributed by atoms with Crippen LogP contribution in [0.3, 0.4) is 0 Å². The summed E-state index contributed by atoms with van der Waals surface area (Å²) in [4.78, 5) is 38.8. The van der Waals surface area contributed by atoms with Crippen LogP contribution in [-0.4, -0.2) is 38.8 Å². The van der Waals surface area contributed by atoms with Crippen molar-refractivity contribution in [3.63, 3.8) is 0 Å². The monoisotopic (exact) mass is 370 g/mol. The predicted molar refractivity (Wildman–Crippen MR) is 105 cm³/mol. The third kappa shape index (κ3) is 3.67. The molecule has 1 amide bonds. The first-order chi connectivity index (χ1) is 12.5. The topological polar surface area (TPSA) is 79.0 Å². The van der Waals surface area contributed by atoms with Crippen molar-refractivity contribution in [3.05, 3.63) is 45.7 Å². The Morgan fingerprint density at radius 1 is 1.35 bits per heavy atom. The molecule has 6 nitrogen and oxygen atoms in total. The number of aromatic nitrogens is 3. The molecule has 0 saturated heterocycles. The lowest BCUT2D eigenvalue weighted by atomic mass is 10.1. The van der Waals surface area contributed by atoms with Gasteiger partial charge >= 0.3 is 0 Å². The average molecular weight is 370 g/mol. The summed E-state index contributed by atoms with van der Waals surface area (Å²) < 4.78 is 0.466. The van der Waals surface area contributed by atoms with Gasteiger partial charge in [0.2, 0.25) is 0 Å². The molecule has 0 aliphatic heterocycles. The Labute approximate surface area is 155 Å². The molecule has 3 aromatic heterocycles. The predicted octanol–water partition coefficient (Wildman–Crippen LogP) is 3.55. The van der Waals surface area contributed by atoms with Gasteiger partial charge in [0.05, 0.1) is 5.56 Å². The number of aromatic amines is 1. The number of H-pyrrole nitrogens is 1. The Balaban J connectivity index is 2.02. The summed E-state index contributed by atoms with van der Waals surface area (Å²) >= 11 is 1.25. The SMILES string of the molecule is CCN(CCC(C)C)C(=O)c1csc2c(=O)[nH]c(-c3ccccn3)nc12. The number of nitrogens with one attached hydrogen (secondary N) is 1. The number of amides is 1. The quantitative estimate of drug-likeness (QED) is 0.720. The number of thiophene rings is 1. The van der Waals surface area contributed by atoms with Gasteiger partial charge in [0.25, 0.3) is 11.5 Å². The molecule has 0 spiro atoms. The molecule has 0 fully saturated rings. The van der Waals surface area contributed by atoms with E-state index in [0.717, 1.165) is 6.42 Å². The van der Waals surface area contributed by atoms with Crippen LogP contribution in [0.1, 0.15) is 37.6 Å². The summed E-state index contributed by atoms with van der Waals surface area (Å²) in [5.74, 6) is 0.818. The van der Waals surface area contributed by atoms with Gasteiger partial charge in [-0.25, -0.2) is 4.98 Å². The van der Waals surface area contributed by atoms with Gasteiger partial charge in [-0.15, -0.1) is 11.3 Å². The van der Waals surface area contributed by atoms with Crippen molar-refractivity contribution in [3.8, 4) is 11.5 Å². The van der Waals surface area contributed by atoms with E-state index in [4.69, 9.17) is 0 Å². The van der Waals surface area contributed by atoms with E-state index in [0.29, 0.717) is 46.3 Å². The maximum absolute atomic E-state index is 13.0. The van der Waals surface area contributed by atoms with Crippen LogP contribution in [0.25, 0.3) is 21.7 Å². The molecule has 1 N–H and O–H groups in total. The number of nitrogens with zero attached hydrogens (tertiary/aromatic N) is 3. The molecule has 0 aromatic carbocycles. The third-order valence-corrected chi connectivity index (χ3v) is 5.18. The van der Waals surface area contributed by atoms with E-state index in [9.17, 15) is 9.59 Å². The molecule has 0 saturated carbocycles. The van der Waals surface area contributed by atoms with E-state index in [1.54, 1.807) is 23.7 Å². The highest BCUT2D eigenvalue weighted by Gasteiger charge is 2.21. The molecule has 136 valence electrons. The number of hydrogen-bond acceptors (Lipinski definition) is 5. The van der Waals surface area contributed by atoms with Crippen molar-refractivity contribution in [2.24, 2.45) is 5.92 Å². The molecule has 0 bridgehead atoms. The van der Waals surface area contributed by atoms with Crippen molar-refractivity contribution in [1.29, 1.82) is 0 Å². The summed E-state index contributed by atoms with van der Waals surface area (Å²) in [6.45, 7) is 7.56. The molecule has 0 unspecified atom stereocenters. The van der Waals surface area contributed by atoms with Gasteiger partial charge in [0, 0.05) is 24.7 Å². The lowest BCUT2D eigenvalue weighted by Crippen LogP contribution is -2.32. The fourth-order valence-electron chi connectivity index (χ4n) is 2.69. The van der Waals surface area contributed by atoms with Gasteiger partial charge in [0.1, 0.15) is 15.9 Å². The number of carbonyl (C=O) groups excluding carboxylic acids is 1. The number of hydrogen-bond donors (Lipinski definition) is 1. The van der Waals surface area contributed by atoms with Crippen molar-refractivity contribution in [2.45, 2.75) is 27.2 Å². The van der Waals surface area contributed by atoms with E-state index in [1.165, 1.54) is 11.3 Å². The van der Waals surface area contributed by atoms with E-state index >= 15 is 0 Å². The fourth-order valence-corrected chi connectivity index (χ4v) is 3.56. The minimum atomic E-state index is -0.245. The number of fused-ring (bicyclic) bond motifs is 1. The molecule has 7 heteroatoms. The van der Waals surface area contributed by atoms with E-state index < -0.39 is 0 Å². The molecular weight excluding hydrogens is 348 g/mol.